The summed E-state index contributed by atoms with van der Waals surface area (Å²) in [6.07, 6.45) is 26.4. The van der Waals surface area contributed by atoms with Gasteiger partial charge in [-0.25, -0.2) is 19.6 Å². The van der Waals surface area contributed by atoms with Crippen LogP contribution in [0.25, 0.3) is 0 Å². The molecule has 0 aromatic heterocycles. The van der Waals surface area contributed by atoms with Crippen LogP contribution in [0.2, 0.25) is 0 Å². The lowest BCUT2D eigenvalue weighted by Crippen LogP contribution is -2.16. The van der Waals surface area contributed by atoms with Crippen LogP contribution in [0.15, 0.2) is 49.6 Å². The van der Waals surface area contributed by atoms with Gasteiger partial charge in [0.25, 0.3) is 0 Å². The molecule has 1 saturated carbocycles. The van der Waals surface area contributed by atoms with Crippen molar-refractivity contribution in [2.45, 2.75) is 70.6 Å². The van der Waals surface area contributed by atoms with Crippen molar-refractivity contribution in [3.05, 3.63) is 49.6 Å². The Morgan fingerprint density at radius 3 is 1.29 bits per heavy atom. The summed E-state index contributed by atoms with van der Waals surface area (Å²) < 4.78 is 0. The number of rotatable bonds is 12. The van der Waals surface area contributed by atoms with Gasteiger partial charge < -0.3 is 0 Å². The summed E-state index contributed by atoms with van der Waals surface area (Å²) in [5, 5.41) is 0. The third-order valence-electron chi connectivity index (χ3n) is 5.05. The molecular formula is C24H40O4. The molecule has 1 aliphatic carbocycles. The molecule has 160 valence electrons. The third kappa shape index (κ3) is 13.1. The molecule has 0 saturated heterocycles. The first-order valence-corrected chi connectivity index (χ1v) is 10.9. The summed E-state index contributed by atoms with van der Waals surface area (Å²) in [7, 11) is 0. The normalized spacial score (nSPS) is 19.3. The Morgan fingerprint density at radius 2 is 0.893 bits per heavy atom. The summed E-state index contributed by atoms with van der Waals surface area (Å²) in [5.74, 6) is 0. The van der Waals surface area contributed by atoms with Crippen LogP contribution in [0.3, 0.4) is 0 Å². The molecule has 0 spiro atoms. The fourth-order valence-corrected chi connectivity index (χ4v) is 3.59. The average molecular weight is 393 g/mol. The first-order valence-electron chi connectivity index (χ1n) is 10.9. The zero-order valence-electron chi connectivity index (χ0n) is 17.6. The smallest absolute Gasteiger partial charge is 0.100 e. The fourth-order valence-electron chi connectivity index (χ4n) is 3.59. The van der Waals surface area contributed by atoms with Gasteiger partial charge in [0.1, 0.15) is 26.4 Å². The van der Waals surface area contributed by atoms with Crippen molar-refractivity contribution in [2.75, 3.05) is 26.4 Å². The van der Waals surface area contributed by atoms with Crippen molar-refractivity contribution in [1.82, 2.24) is 0 Å². The maximum atomic E-state index is 5.18. The van der Waals surface area contributed by atoms with Crippen LogP contribution in [-0.4, -0.2) is 26.4 Å². The van der Waals surface area contributed by atoms with Gasteiger partial charge in [-0.1, -0.05) is 94.2 Å². The van der Waals surface area contributed by atoms with Gasteiger partial charge in [0.2, 0.25) is 0 Å². The van der Waals surface area contributed by atoms with Gasteiger partial charge in [-0.05, 0) is 12.8 Å². The van der Waals surface area contributed by atoms with Crippen LogP contribution in [0.5, 0.6) is 0 Å². The zero-order valence-corrected chi connectivity index (χ0v) is 17.6. The topological polar surface area (TPSA) is 36.9 Å². The molecule has 4 heteroatoms. The molecule has 0 N–H and O–H groups in total. The van der Waals surface area contributed by atoms with E-state index in [1.807, 2.05) is 0 Å². The largest absolute Gasteiger partial charge is 0.232 e. The Bertz CT molecular complexity index is 402. The van der Waals surface area contributed by atoms with E-state index in [-0.39, 0.29) is 5.41 Å². The van der Waals surface area contributed by atoms with E-state index in [1.54, 1.807) is 12.2 Å². The van der Waals surface area contributed by atoms with Gasteiger partial charge >= 0.3 is 0 Å². The first kappa shape index (κ1) is 24.8. The molecule has 28 heavy (non-hydrogen) atoms. The van der Waals surface area contributed by atoms with E-state index in [9.17, 15) is 0 Å². The van der Waals surface area contributed by atoms with Gasteiger partial charge in [0, 0.05) is 5.41 Å². The summed E-state index contributed by atoms with van der Waals surface area (Å²) in [5.41, 5.74) is 0.0444. The second-order valence-corrected chi connectivity index (χ2v) is 7.44. The van der Waals surface area contributed by atoms with Crippen LogP contribution in [0.1, 0.15) is 70.6 Å². The van der Waals surface area contributed by atoms with E-state index in [1.165, 1.54) is 57.8 Å². The predicted molar refractivity (Wildman–Crippen MR) is 116 cm³/mol. The maximum Gasteiger partial charge on any atom is 0.100 e. The standard InChI is InChI=1S/C24H40O4/c1-3-20-25-27-22-14-18-24(19-15-23-28-26-21-4-2)16-12-10-8-6-5-7-9-11-13-17-24/h3-4,14-15,18-19H,1-2,5-13,16-17,20-23H2/b18-14+,19-15+. The van der Waals surface area contributed by atoms with Crippen molar-refractivity contribution in [3.8, 4) is 0 Å². The molecule has 4 nitrogen and oxygen atoms in total. The minimum absolute atomic E-state index is 0.0444. The van der Waals surface area contributed by atoms with E-state index < -0.39 is 0 Å². The van der Waals surface area contributed by atoms with E-state index in [0.29, 0.717) is 26.4 Å². The average Bonchev–Trinajstić information content (AvgIpc) is 2.70. The SMILES string of the molecule is C=CCOOC/C=C/C1(/C=C/COOCC=C)CCCCCCCCCCC1. The molecule has 1 aliphatic rings. The predicted octanol–water partition coefficient (Wildman–Crippen LogP) is 6.66. The highest BCUT2D eigenvalue weighted by Crippen LogP contribution is 2.36. The highest BCUT2D eigenvalue weighted by molar-refractivity contribution is 5.12. The van der Waals surface area contributed by atoms with Crippen molar-refractivity contribution in [1.29, 1.82) is 0 Å². The molecule has 0 amide bonds. The summed E-state index contributed by atoms with van der Waals surface area (Å²) >= 11 is 0. The van der Waals surface area contributed by atoms with Crippen LogP contribution in [0, 0.1) is 5.41 Å². The number of hydrogen-bond donors (Lipinski definition) is 0. The second kappa shape index (κ2) is 17.9. The molecule has 1 rings (SSSR count). The quantitative estimate of drug-likeness (QED) is 0.161. The highest BCUT2D eigenvalue weighted by atomic mass is 17.2. The van der Waals surface area contributed by atoms with Gasteiger partial charge in [-0.15, -0.1) is 13.2 Å². The third-order valence-corrected chi connectivity index (χ3v) is 5.05. The van der Waals surface area contributed by atoms with Gasteiger partial charge in [-0.2, -0.15) is 0 Å². The van der Waals surface area contributed by atoms with Crippen molar-refractivity contribution in [3.63, 3.8) is 0 Å². The minimum Gasteiger partial charge on any atom is -0.232 e. The summed E-state index contributed by atoms with van der Waals surface area (Å²) in [6, 6.07) is 0. The molecular weight excluding hydrogens is 352 g/mol. The Labute approximate surface area is 172 Å². The molecule has 0 heterocycles. The second-order valence-electron chi connectivity index (χ2n) is 7.44. The first-order chi connectivity index (χ1) is 13.8. The van der Waals surface area contributed by atoms with Gasteiger partial charge in [0.05, 0.1) is 0 Å². The number of hydrogen-bond acceptors (Lipinski definition) is 4. The van der Waals surface area contributed by atoms with E-state index in [4.69, 9.17) is 19.6 Å². The molecule has 0 aliphatic heterocycles. The van der Waals surface area contributed by atoms with Crippen molar-refractivity contribution in [2.24, 2.45) is 5.41 Å². The fraction of sp³-hybridized carbons (Fsp3) is 0.667. The lowest BCUT2D eigenvalue weighted by atomic mass is 9.77. The lowest BCUT2D eigenvalue weighted by Gasteiger charge is -2.28. The lowest BCUT2D eigenvalue weighted by molar-refractivity contribution is -0.277. The molecule has 0 atom stereocenters. The van der Waals surface area contributed by atoms with Gasteiger partial charge in [0.15, 0.2) is 0 Å². The molecule has 0 aromatic carbocycles. The summed E-state index contributed by atoms with van der Waals surface area (Å²) in [6.45, 7) is 8.93. The van der Waals surface area contributed by atoms with Crippen LogP contribution < -0.4 is 0 Å². The Morgan fingerprint density at radius 1 is 0.536 bits per heavy atom. The molecule has 1 fully saturated rings. The van der Waals surface area contributed by atoms with Crippen LogP contribution in [0.4, 0.5) is 0 Å². The van der Waals surface area contributed by atoms with Crippen LogP contribution >= 0.6 is 0 Å². The van der Waals surface area contributed by atoms with E-state index >= 15 is 0 Å². The summed E-state index contributed by atoms with van der Waals surface area (Å²) in [4.78, 5) is 20.4. The Balaban J connectivity index is 2.69. The van der Waals surface area contributed by atoms with E-state index in [2.05, 4.69) is 37.5 Å². The molecule has 0 radical (unpaired) electrons. The monoisotopic (exact) mass is 392 g/mol. The highest BCUT2D eigenvalue weighted by Gasteiger charge is 2.23. The van der Waals surface area contributed by atoms with Crippen LogP contribution in [-0.2, 0) is 19.6 Å². The molecule has 0 unspecified atom stereocenters. The maximum absolute atomic E-state index is 5.18. The Kier molecular flexibility index (Phi) is 15.9. The minimum atomic E-state index is 0.0444. The number of allylic oxidation sites excluding steroid dienone is 2. The van der Waals surface area contributed by atoms with Crippen molar-refractivity contribution < 1.29 is 19.6 Å². The van der Waals surface area contributed by atoms with Gasteiger partial charge in [-0.3, -0.25) is 0 Å². The Hall–Kier alpha value is -1.20. The van der Waals surface area contributed by atoms with Crippen molar-refractivity contribution >= 4 is 0 Å². The molecule has 0 aromatic rings. The molecule has 0 bridgehead atoms. The zero-order chi connectivity index (χ0) is 20.2. The van der Waals surface area contributed by atoms with E-state index in [0.717, 1.165) is 12.8 Å².